The molecule has 1 aliphatic heterocycles. The molecular formula is C8H14O2. The maximum atomic E-state index is 5.47. The van der Waals surface area contributed by atoms with E-state index in [1.54, 1.807) is 0 Å². The lowest BCUT2D eigenvalue weighted by molar-refractivity contribution is 0.0871. The van der Waals surface area contributed by atoms with E-state index in [0.29, 0.717) is 12.7 Å². The van der Waals surface area contributed by atoms with Gasteiger partial charge in [-0.15, -0.1) is 0 Å². The Morgan fingerprint density at radius 2 is 2.40 bits per heavy atom. The summed E-state index contributed by atoms with van der Waals surface area (Å²) in [6.45, 7) is 5.59. The van der Waals surface area contributed by atoms with Crippen molar-refractivity contribution < 1.29 is 9.47 Å². The fraction of sp³-hybridized carbons (Fsp3) is 0.750. The molecule has 1 rings (SSSR count). The normalized spacial score (nSPS) is 18.9. The number of hydrogen-bond donors (Lipinski definition) is 0. The molecule has 1 heterocycles. The van der Waals surface area contributed by atoms with Crippen LogP contribution in [0.4, 0.5) is 0 Å². The average Bonchev–Trinajstić information content (AvgIpc) is 1.88. The van der Waals surface area contributed by atoms with Crippen LogP contribution < -0.4 is 0 Å². The van der Waals surface area contributed by atoms with Crippen LogP contribution in [0.15, 0.2) is 11.8 Å². The first-order chi connectivity index (χ1) is 4.79. The van der Waals surface area contributed by atoms with E-state index in [-0.39, 0.29) is 0 Å². The van der Waals surface area contributed by atoms with Gasteiger partial charge in [-0.2, -0.15) is 0 Å². The molecule has 10 heavy (non-hydrogen) atoms. The minimum Gasteiger partial charge on any atom is -0.496 e. The van der Waals surface area contributed by atoms with Crippen LogP contribution in [0, 0.1) is 0 Å². The topological polar surface area (TPSA) is 18.5 Å². The quantitative estimate of drug-likeness (QED) is 0.584. The third-order valence-corrected chi connectivity index (χ3v) is 1.31. The first kappa shape index (κ1) is 7.61. The molecular weight excluding hydrogens is 128 g/mol. The molecule has 0 aromatic heterocycles. The predicted octanol–water partition coefficient (Wildman–Crippen LogP) is 1.72. The molecule has 1 aliphatic rings. The maximum Gasteiger partial charge on any atom is 0.0969 e. The van der Waals surface area contributed by atoms with Crippen molar-refractivity contribution in [3.05, 3.63) is 11.8 Å². The van der Waals surface area contributed by atoms with Crippen molar-refractivity contribution in [1.29, 1.82) is 0 Å². The van der Waals surface area contributed by atoms with Crippen LogP contribution in [-0.4, -0.2) is 19.3 Å². The van der Waals surface area contributed by atoms with Crippen LogP contribution in [0.5, 0.6) is 0 Å². The molecule has 0 saturated heterocycles. The van der Waals surface area contributed by atoms with Crippen LogP contribution in [0.1, 0.15) is 20.3 Å². The summed E-state index contributed by atoms with van der Waals surface area (Å²) in [4.78, 5) is 0. The fourth-order valence-electron chi connectivity index (χ4n) is 0.920. The van der Waals surface area contributed by atoms with E-state index in [1.165, 1.54) is 0 Å². The average molecular weight is 142 g/mol. The van der Waals surface area contributed by atoms with E-state index in [9.17, 15) is 0 Å². The predicted molar refractivity (Wildman–Crippen MR) is 39.7 cm³/mol. The van der Waals surface area contributed by atoms with Crippen LogP contribution >= 0.6 is 0 Å². The molecule has 0 radical (unpaired) electrons. The summed E-state index contributed by atoms with van der Waals surface area (Å²) in [5.41, 5.74) is 0. The van der Waals surface area contributed by atoms with Gasteiger partial charge < -0.3 is 9.47 Å². The Bertz CT molecular complexity index is 127. The fourth-order valence-corrected chi connectivity index (χ4v) is 0.920. The van der Waals surface area contributed by atoms with E-state index >= 15 is 0 Å². The summed E-state index contributed by atoms with van der Waals surface area (Å²) in [6.07, 6.45) is 3.23. The summed E-state index contributed by atoms with van der Waals surface area (Å²) < 4.78 is 10.6. The Hall–Kier alpha value is -0.500. The molecule has 2 heteroatoms. The minimum atomic E-state index is 0.296. The molecule has 0 amide bonds. The van der Waals surface area contributed by atoms with Crippen LogP contribution in [-0.2, 0) is 9.47 Å². The first-order valence-corrected chi connectivity index (χ1v) is 3.72. The molecule has 0 aliphatic carbocycles. The zero-order valence-electron chi connectivity index (χ0n) is 6.59. The lowest BCUT2D eigenvalue weighted by atomic mass is 10.3. The molecule has 0 unspecified atom stereocenters. The van der Waals surface area contributed by atoms with Crippen molar-refractivity contribution in [2.45, 2.75) is 26.4 Å². The van der Waals surface area contributed by atoms with Gasteiger partial charge >= 0.3 is 0 Å². The Balaban J connectivity index is 2.31. The molecule has 2 nitrogen and oxygen atoms in total. The van der Waals surface area contributed by atoms with Gasteiger partial charge in [0.1, 0.15) is 0 Å². The molecule has 0 atom stereocenters. The van der Waals surface area contributed by atoms with Gasteiger partial charge in [-0.1, -0.05) is 0 Å². The maximum absolute atomic E-state index is 5.47. The van der Waals surface area contributed by atoms with E-state index in [1.807, 2.05) is 19.9 Å². The smallest absolute Gasteiger partial charge is 0.0969 e. The highest BCUT2D eigenvalue weighted by Gasteiger charge is 2.05. The van der Waals surface area contributed by atoms with Crippen molar-refractivity contribution in [2.75, 3.05) is 13.2 Å². The van der Waals surface area contributed by atoms with E-state index in [4.69, 9.17) is 9.47 Å². The van der Waals surface area contributed by atoms with E-state index < -0.39 is 0 Å². The summed E-state index contributed by atoms with van der Waals surface area (Å²) in [6, 6.07) is 0. The lowest BCUT2D eigenvalue weighted by Crippen LogP contribution is -2.10. The van der Waals surface area contributed by atoms with Crippen LogP contribution in [0.3, 0.4) is 0 Å². The summed E-state index contributed by atoms with van der Waals surface area (Å²) in [5.74, 6) is 1.08. The Morgan fingerprint density at radius 1 is 1.60 bits per heavy atom. The first-order valence-electron chi connectivity index (χ1n) is 3.72. The number of ether oxygens (including phenoxy) is 2. The Kier molecular flexibility index (Phi) is 2.75. The second-order valence-corrected chi connectivity index (χ2v) is 2.66. The second-order valence-electron chi connectivity index (χ2n) is 2.66. The van der Waals surface area contributed by atoms with Crippen LogP contribution in [0.25, 0.3) is 0 Å². The highest BCUT2D eigenvalue weighted by Crippen LogP contribution is 2.10. The second kappa shape index (κ2) is 3.62. The van der Waals surface area contributed by atoms with E-state index in [2.05, 4.69) is 0 Å². The molecule has 0 fully saturated rings. The van der Waals surface area contributed by atoms with Crippen molar-refractivity contribution in [1.82, 2.24) is 0 Å². The SMILES string of the molecule is CC(C)OC1=CCOCC1. The molecule has 0 aromatic carbocycles. The molecule has 0 bridgehead atoms. The monoisotopic (exact) mass is 142 g/mol. The number of rotatable bonds is 2. The Labute approximate surface area is 61.8 Å². The zero-order valence-corrected chi connectivity index (χ0v) is 6.59. The highest BCUT2D eigenvalue weighted by molar-refractivity contribution is 4.96. The highest BCUT2D eigenvalue weighted by atomic mass is 16.5. The Morgan fingerprint density at radius 3 is 2.90 bits per heavy atom. The van der Waals surface area contributed by atoms with Gasteiger partial charge in [-0.05, 0) is 19.9 Å². The van der Waals surface area contributed by atoms with Gasteiger partial charge in [0.05, 0.1) is 25.1 Å². The largest absolute Gasteiger partial charge is 0.496 e. The van der Waals surface area contributed by atoms with Gasteiger partial charge in [0.25, 0.3) is 0 Å². The number of hydrogen-bond acceptors (Lipinski definition) is 2. The minimum absolute atomic E-state index is 0.296. The van der Waals surface area contributed by atoms with Gasteiger partial charge in [0.2, 0.25) is 0 Å². The van der Waals surface area contributed by atoms with Crippen molar-refractivity contribution in [2.24, 2.45) is 0 Å². The van der Waals surface area contributed by atoms with Crippen molar-refractivity contribution >= 4 is 0 Å². The van der Waals surface area contributed by atoms with Crippen molar-refractivity contribution in [3.63, 3.8) is 0 Å². The molecule has 0 aromatic rings. The van der Waals surface area contributed by atoms with Gasteiger partial charge in [-0.3, -0.25) is 0 Å². The van der Waals surface area contributed by atoms with Gasteiger partial charge in [0.15, 0.2) is 0 Å². The lowest BCUT2D eigenvalue weighted by Gasteiger charge is -2.16. The van der Waals surface area contributed by atoms with Crippen LogP contribution in [0.2, 0.25) is 0 Å². The van der Waals surface area contributed by atoms with Crippen molar-refractivity contribution in [3.8, 4) is 0 Å². The third-order valence-electron chi connectivity index (χ3n) is 1.31. The third kappa shape index (κ3) is 2.40. The van der Waals surface area contributed by atoms with Gasteiger partial charge in [-0.25, -0.2) is 0 Å². The molecule has 0 saturated carbocycles. The standard InChI is InChI=1S/C8H14O2/c1-7(2)10-8-3-5-9-6-4-8/h3,7H,4-6H2,1-2H3. The summed E-state index contributed by atoms with van der Waals surface area (Å²) in [7, 11) is 0. The van der Waals surface area contributed by atoms with Gasteiger partial charge in [0, 0.05) is 6.42 Å². The van der Waals surface area contributed by atoms with E-state index in [0.717, 1.165) is 18.8 Å². The molecule has 0 N–H and O–H groups in total. The molecule has 58 valence electrons. The summed E-state index contributed by atoms with van der Waals surface area (Å²) >= 11 is 0. The zero-order chi connectivity index (χ0) is 7.40. The summed E-state index contributed by atoms with van der Waals surface area (Å²) in [5, 5.41) is 0. The molecule has 0 spiro atoms.